The fraction of sp³-hybridized carbons (Fsp3) is 0.375. The number of H-pyrrole nitrogens is 1. The molecule has 1 saturated heterocycles. The molecule has 7 heteroatoms. The first kappa shape index (κ1) is 15.7. The first-order chi connectivity index (χ1) is 10.9. The van der Waals surface area contributed by atoms with Gasteiger partial charge in [0.2, 0.25) is 0 Å². The van der Waals surface area contributed by atoms with E-state index in [0.29, 0.717) is 17.8 Å². The highest BCUT2D eigenvalue weighted by molar-refractivity contribution is 7.91. The highest BCUT2D eigenvalue weighted by Crippen LogP contribution is 2.21. The summed E-state index contributed by atoms with van der Waals surface area (Å²) in [6.07, 6.45) is 0.490. The zero-order valence-electron chi connectivity index (χ0n) is 13.1. The second kappa shape index (κ2) is 5.81. The largest absolute Gasteiger partial charge is 0.336 e. The number of rotatable bonds is 3. The maximum Gasteiger partial charge on any atom is 0.271 e. The van der Waals surface area contributed by atoms with Crippen LogP contribution >= 0.6 is 0 Å². The van der Waals surface area contributed by atoms with Crippen LogP contribution in [0.2, 0.25) is 0 Å². The Labute approximate surface area is 135 Å². The van der Waals surface area contributed by atoms with Crippen molar-refractivity contribution < 1.29 is 13.2 Å². The fourth-order valence-electron chi connectivity index (χ4n) is 2.74. The number of benzene rings is 1. The van der Waals surface area contributed by atoms with Crippen molar-refractivity contribution >= 4 is 15.7 Å². The lowest BCUT2D eigenvalue weighted by Crippen LogP contribution is -2.38. The third kappa shape index (κ3) is 3.29. The minimum absolute atomic E-state index is 0.0359. The number of sulfone groups is 1. The lowest BCUT2D eigenvalue weighted by Gasteiger charge is -2.22. The molecule has 0 aliphatic carbocycles. The SMILES string of the molecule is Cc1ccc(-c2cc(C(=O)N(C)[C@H]3CCS(=O)(=O)C3)[nH]n2)cc1. The van der Waals surface area contributed by atoms with E-state index >= 15 is 0 Å². The summed E-state index contributed by atoms with van der Waals surface area (Å²) in [7, 11) is -1.38. The molecule has 0 radical (unpaired) electrons. The summed E-state index contributed by atoms with van der Waals surface area (Å²) in [5.74, 6) is -0.0564. The van der Waals surface area contributed by atoms with Gasteiger partial charge in [-0.25, -0.2) is 8.42 Å². The number of nitrogens with one attached hydrogen (secondary N) is 1. The molecular formula is C16H19N3O3S. The monoisotopic (exact) mass is 333 g/mol. The van der Waals surface area contributed by atoms with E-state index in [1.807, 2.05) is 31.2 Å². The molecule has 1 N–H and O–H groups in total. The summed E-state index contributed by atoms with van der Waals surface area (Å²) in [5.41, 5.74) is 3.15. The predicted molar refractivity (Wildman–Crippen MR) is 87.9 cm³/mol. The van der Waals surface area contributed by atoms with Gasteiger partial charge in [-0.2, -0.15) is 5.10 Å². The average Bonchev–Trinajstić information content (AvgIpc) is 3.13. The van der Waals surface area contributed by atoms with Crippen LogP contribution in [-0.2, 0) is 9.84 Å². The number of nitrogens with zero attached hydrogens (tertiary/aromatic N) is 2. The van der Waals surface area contributed by atoms with Crippen molar-refractivity contribution in [3.05, 3.63) is 41.6 Å². The molecule has 0 saturated carbocycles. The maximum absolute atomic E-state index is 12.5. The quantitative estimate of drug-likeness (QED) is 0.926. The van der Waals surface area contributed by atoms with Crippen LogP contribution in [0, 0.1) is 6.92 Å². The Morgan fingerprint density at radius 1 is 1.30 bits per heavy atom. The van der Waals surface area contributed by atoms with E-state index in [2.05, 4.69) is 10.2 Å². The van der Waals surface area contributed by atoms with Gasteiger partial charge in [-0.3, -0.25) is 9.89 Å². The van der Waals surface area contributed by atoms with Crippen LogP contribution in [0.4, 0.5) is 0 Å². The summed E-state index contributed by atoms with van der Waals surface area (Å²) >= 11 is 0. The molecule has 1 aromatic heterocycles. The zero-order chi connectivity index (χ0) is 16.6. The molecule has 1 amide bonds. The normalized spacial score (nSPS) is 19.7. The number of aryl methyl sites for hydroxylation is 1. The van der Waals surface area contributed by atoms with E-state index in [1.165, 1.54) is 4.90 Å². The van der Waals surface area contributed by atoms with E-state index in [0.717, 1.165) is 11.1 Å². The van der Waals surface area contributed by atoms with Gasteiger partial charge in [0.25, 0.3) is 5.91 Å². The Kier molecular flexibility index (Phi) is 3.97. The molecule has 0 unspecified atom stereocenters. The highest BCUT2D eigenvalue weighted by atomic mass is 32.2. The molecule has 1 aromatic carbocycles. The van der Waals surface area contributed by atoms with Crippen LogP contribution in [0.3, 0.4) is 0 Å². The van der Waals surface area contributed by atoms with Crippen molar-refractivity contribution in [2.45, 2.75) is 19.4 Å². The molecular weight excluding hydrogens is 314 g/mol. The molecule has 1 fully saturated rings. The summed E-state index contributed by atoms with van der Waals surface area (Å²) in [5, 5.41) is 6.94. The second-order valence-corrected chi connectivity index (χ2v) is 8.23. The molecule has 122 valence electrons. The van der Waals surface area contributed by atoms with Gasteiger partial charge < -0.3 is 4.90 Å². The lowest BCUT2D eigenvalue weighted by molar-refractivity contribution is 0.0741. The van der Waals surface area contributed by atoms with E-state index < -0.39 is 9.84 Å². The van der Waals surface area contributed by atoms with Gasteiger partial charge in [-0.05, 0) is 19.4 Å². The number of carbonyl (C=O) groups excluding carboxylic acids is 1. The Balaban J connectivity index is 1.77. The van der Waals surface area contributed by atoms with Crippen LogP contribution < -0.4 is 0 Å². The Morgan fingerprint density at radius 3 is 2.61 bits per heavy atom. The third-order valence-electron chi connectivity index (χ3n) is 4.23. The predicted octanol–water partition coefficient (Wildman–Crippen LogP) is 1.64. The average molecular weight is 333 g/mol. The van der Waals surface area contributed by atoms with Crippen molar-refractivity contribution in [1.29, 1.82) is 0 Å². The minimum Gasteiger partial charge on any atom is -0.336 e. The van der Waals surface area contributed by atoms with Crippen molar-refractivity contribution in [2.75, 3.05) is 18.6 Å². The number of aromatic amines is 1. The maximum atomic E-state index is 12.5. The highest BCUT2D eigenvalue weighted by Gasteiger charge is 2.33. The lowest BCUT2D eigenvalue weighted by atomic mass is 10.1. The number of carbonyl (C=O) groups is 1. The van der Waals surface area contributed by atoms with Crippen molar-refractivity contribution in [1.82, 2.24) is 15.1 Å². The first-order valence-electron chi connectivity index (χ1n) is 7.46. The first-order valence-corrected chi connectivity index (χ1v) is 9.28. The number of aromatic nitrogens is 2. The van der Waals surface area contributed by atoms with Crippen LogP contribution in [0.25, 0.3) is 11.3 Å². The molecule has 1 atom stereocenters. The zero-order valence-corrected chi connectivity index (χ0v) is 13.9. The molecule has 2 aromatic rings. The molecule has 0 bridgehead atoms. The van der Waals surface area contributed by atoms with E-state index in [4.69, 9.17) is 0 Å². The van der Waals surface area contributed by atoms with E-state index in [-0.39, 0.29) is 23.5 Å². The molecule has 1 aliphatic heterocycles. The van der Waals surface area contributed by atoms with Gasteiger partial charge in [0.15, 0.2) is 9.84 Å². The molecule has 23 heavy (non-hydrogen) atoms. The molecule has 2 heterocycles. The summed E-state index contributed by atoms with van der Waals surface area (Å²) in [6.45, 7) is 2.01. The van der Waals surface area contributed by atoms with Gasteiger partial charge in [0.1, 0.15) is 5.69 Å². The van der Waals surface area contributed by atoms with Crippen molar-refractivity contribution in [2.24, 2.45) is 0 Å². The van der Waals surface area contributed by atoms with Crippen LogP contribution in [0.5, 0.6) is 0 Å². The smallest absolute Gasteiger partial charge is 0.271 e. The molecule has 1 aliphatic rings. The summed E-state index contributed by atoms with van der Waals surface area (Å²) < 4.78 is 23.1. The standard InChI is InChI=1S/C16H19N3O3S/c1-11-3-5-12(6-4-11)14-9-15(18-17-14)16(20)19(2)13-7-8-23(21,22)10-13/h3-6,9,13H,7-8,10H2,1-2H3,(H,17,18)/t13-/m0/s1. The Hall–Kier alpha value is -2.15. The number of hydrogen-bond acceptors (Lipinski definition) is 4. The molecule has 6 nitrogen and oxygen atoms in total. The van der Waals surface area contributed by atoms with Gasteiger partial charge in [0, 0.05) is 18.7 Å². The van der Waals surface area contributed by atoms with Crippen LogP contribution in [0.15, 0.2) is 30.3 Å². The Morgan fingerprint density at radius 2 is 2.00 bits per heavy atom. The molecule has 0 spiro atoms. The van der Waals surface area contributed by atoms with E-state index in [1.54, 1.807) is 13.1 Å². The van der Waals surface area contributed by atoms with Gasteiger partial charge in [-0.15, -0.1) is 0 Å². The third-order valence-corrected chi connectivity index (χ3v) is 5.98. The topological polar surface area (TPSA) is 83.1 Å². The minimum atomic E-state index is -3.02. The summed E-state index contributed by atoms with van der Waals surface area (Å²) in [4.78, 5) is 14.0. The van der Waals surface area contributed by atoms with Crippen LogP contribution in [-0.4, -0.2) is 54.0 Å². The summed E-state index contributed by atoms with van der Waals surface area (Å²) in [6, 6.07) is 9.31. The van der Waals surface area contributed by atoms with Gasteiger partial charge in [0.05, 0.1) is 17.2 Å². The fourth-order valence-corrected chi connectivity index (χ4v) is 4.51. The molecule has 3 rings (SSSR count). The van der Waals surface area contributed by atoms with Crippen molar-refractivity contribution in [3.8, 4) is 11.3 Å². The van der Waals surface area contributed by atoms with E-state index in [9.17, 15) is 13.2 Å². The van der Waals surface area contributed by atoms with Gasteiger partial charge in [-0.1, -0.05) is 29.8 Å². The second-order valence-electron chi connectivity index (χ2n) is 6.01. The number of hydrogen-bond donors (Lipinski definition) is 1. The van der Waals surface area contributed by atoms with Gasteiger partial charge >= 0.3 is 0 Å². The number of amides is 1. The van der Waals surface area contributed by atoms with Crippen LogP contribution in [0.1, 0.15) is 22.5 Å². The van der Waals surface area contributed by atoms with Crippen molar-refractivity contribution in [3.63, 3.8) is 0 Å². The Bertz CT molecular complexity index is 825.